The summed E-state index contributed by atoms with van der Waals surface area (Å²) in [5.74, 6) is -3.98. The highest BCUT2D eigenvalue weighted by atomic mass is 32.2. The van der Waals surface area contributed by atoms with Crippen LogP contribution in [0, 0.1) is 17.2 Å². The van der Waals surface area contributed by atoms with Gasteiger partial charge >= 0.3 is 0 Å². The molecule has 4 rings (SSSR count). The molecule has 1 aliphatic carbocycles. The van der Waals surface area contributed by atoms with Crippen LogP contribution in [0.5, 0.6) is 0 Å². The van der Waals surface area contributed by atoms with E-state index in [1.165, 1.54) is 11.8 Å². The third-order valence-electron chi connectivity index (χ3n) is 11.5. The number of aromatic amines is 1. The summed E-state index contributed by atoms with van der Waals surface area (Å²) >= 11 is 1.37. The Hall–Kier alpha value is -6.11. The molecule has 1 aromatic heterocycles. The van der Waals surface area contributed by atoms with Gasteiger partial charge in [-0.25, -0.2) is 0 Å². The molecule has 4 amide bonds. The molecule has 0 saturated heterocycles. The highest BCUT2D eigenvalue weighted by Crippen LogP contribution is 2.28. The van der Waals surface area contributed by atoms with Gasteiger partial charge in [0.25, 0.3) is 0 Å². The molecule has 1 aliphatic rings. The number of primary amides is 1. The fourth-order valence-corrected chi connectivity index (χ4v) is 8.26. The molecule has 17 nitrogen and oxygen atoms in total. The summed E-state index contributed by atoms with van der Waals surface area (Å²) in [4.78, 5) is 89.8. The summed E-state index contributed by atoms with van der Waals surface area (Å²) in [6.45, 7) is 9.20. The van der Waals surface area contributed by atoms with Crippen molar-refractivity contribution in [2.75, 3.05) is 18.1 Å². The largest absolute Gasteiger partial charge is 0.376 e. The summed E-state index contributed by atoms with van der Waals surface area (Å²) in [6, 6.07) is 11.6. The molecule has 0 saturated carbocycles. The van der Waals surface area contributed by atoms with Crippen LogP contribution in [-0.4, -0.2) is 112 Å². The number of ketones is 2. The van der Waals surface area contributed by atoms with Crippen LogP contribution in [0.3, 0.4) is 0 Å². The van der Waals surface area contributed by atoms with Crippen molar-refractivity contribution in [3.63, 3.8) is 0 Å². The van der Waals surface area contributed by atoms with E-state index in [-0.39, 0.29) is 61.3 Å². The van der Waals surface area contributed by atoms with E-state index in [0.29, 0.717) is 31.4 Å². The second kappa shape index (κ2) is 26.8. The number of fused-ring (bicyclic) bond motifs is 1. The maximum Gasteiger partial charge on any atom is 0.243 e. The average molecular weight is 927 g/mol. The van der Waals surface area contributed by atoms with Gasteiger partial charge in [-0.1, -0.05) is 74.5 Å². The Labute approximate surface area is 390 Å². The Morgan fingerprint density at radius 1 is 0.970 bits per heavy atom. The minimum Gasteiger partial charge on any atom is -0.376 e. The molecule has 0 spiro atoms. The van der Waals surface area contributed by atoms with E-state index in [1.807, 2.05) is 61.5 Å². The number of para-hydroxylation sites is 1. The van der Waals surface area contributed by atoms with Crippen molar-refractivity contribution >= 4 is 70.0 Å². The number of allylic oxidation sites excluding steroid dienone is 1. The molecule has 0 radical (unpaired) electrons. The molecule has 8 atom stereocenters. The van der Waals surface area contributed by atoms with Crippen molar-refractivity contribution in [1.29, 1.82) is 5.41 Å². The number of hydrogen-bond acceptors (Lipinski definition) is 11. The van der Waals surface area contributed by atoms with Crippen LogP contribution in [0.15, 0.2) is 90.1 Å². The van der Waals surface area contributed by atoms with Gasteiger partial charge in [-0.3, -0.25) is 44.5 Å². The summed E-state index contributed by atoms with van der Waals surface area (Å²) in [5, 5.41) is 34.0. The summed E-state index contributed by atoms with van der Waals surface area (Å²) in [5.41, 5.74) is 13.7. The molecule has 356 valence electrons. The van der Waals surface area contributed by atoms with Crippen LogP contribution in [0.2, 0.25) is 0 Å². The zero-order valence-corrected chi connectivity index (χ0v) is 38.8. The van der Waals surface area contributed by atoms with Gasteiger partial charge in [0.15, 0.2) is 17.5 Å². The van der Waals surface area contributed by atoms with E-state index < -0.39 is 71.6 Å². The van der Waals surface area contributed by atoms with E-state index >= 15 is 0 Å². The Kier molecular flexibility index (Phi) is 21.3. The van der Waals surface area contributed by atoms with Crippen LogP contribution >= 0.6 is 11.8 Å². The Morgan fingerprint density at radius 2 is 1.70 bits per heavy atom. The van der Waals surface area contributed by atoms with Crippen molar-refractivity contribution in [1.82, 2.24) is 31.6 Å². The number of rotatable bonds is 28. The molecule has 3 aromatic rings. The zero-order chi connectivity index (χ0) is 48.2. The molecular weight excluding hydrogens is 861 g/mol. The van der Waals surface area contributed by atoms with E-state index in [0.717, 1.165) is 28.2 Å². The van der Waals surface area contributed by atoms with Gasteiger partial charge in [0, 0.05) is 53.1 Å². The number of H-pyrrole nitrogens is 1. The number of carbonyl (C=O) groups excluding carboxylic acids is 6. The first-order valence-corrected chi connectivity index (χ1v) is 23.6. The molecule has 12 N–H and O–H groups in total. The molecule has 0 fully saturated rings. The Bertz CT molecular complexity index is 2210. The van der Waals surface area contributed by atoms with Crippen LogP contribution in [0.25, 0.3) is 10.9 Å². The Morgan fingerprint density at radius 3 is 2.39 bits per heavy atom. The number of thioether (sulfide) groups is 1. The number of amides is 4. The van der Waals surface area contributed by atoms with Gasteiger partial charge in [0.1, 0.15) is 18.3 Å². The molecule has 18 heteroatoms. The number of benzene rings is 2. The topological polar surface area (TPSA) is 287 Å². The van der Waals surface area contributed by atoms with Gasteiger partial charge in [-0.15, -0.1) is 6.58 Å². The first-order valence-electron chi connectivity index (χ1n) is 22.4. The van der Waals surface area contributed by atoms with Crippen molar-refractivity contribution < 1.29 is 33.9 Å². The molecule has 2 aromatic carbocycles. The van der Waals surface area contributed by atoms with Gasteiger partial charge < -0.3 is 42.8 Å². The highest BCUT2D eigenvalue weighted by molar-refractivity contribution is 7.99. The molecule has 66 heavy (non-hydrogen) atoms. The van der Waals surface area contributed by atoms with Gasteiger partial charge in [-0.05, 0) is 69.1 Å². The number of nitrogens with two attached hydrogens (primary N) is 2. The van der Waals surface area contributed by atoms with Gasteiger partial charge in [0.2, 0.25) is 23.6 Å². The zero-order valence-electron chi connectivity index (χ0n) is 38.0. The lowest BCUT2D eigenvalue weighted by atomic mass is 9.81. The normalized spacial score (nSPS) is 17.0. The second-order valence-corrected chi connectivity index (χ2v) is 17.6. The first kappa shape index (κ1) is 52.5. The SMILES string of the molecule is C=CCSC[C@H](/N=C/C(=O)[C@H](Cc1c[nH]c2ccccc12)NC(=O)[C@H](CCCNC(=N)N)NC(=O)[C@@H]1CCCC=C1C(=O)[C@@H](Cc1ccccc1)NC(O)[C@@H](C)NC(=O)[C@@H](C)CC)C(N)=O. The molecule has 0 aliphatic heterocycles. The van der Waals surface area contributed by atoms with Crippen LogP contribution in [0.4, 0.5) is 0 Å². The fraction of sp³-hybridized carbons (Fsp3) is 0.458. The highest BCUT2D eigenvalue weighted by Gasteiger charge is 2.37. The standard InChI is InChI=1S/C48H66N10O7S/c1-5-23-66-28-40(43(49)61)54-27-41(59)38(25-32-26-53-36-20-13-12-17-33(32)36)57-47(65)37(21-14-22-52-48(50)51)56-46(64)35-19-11-10-18-34(35)42(60)39(24-31-15-8-7-9-16-31)58-45(63)30(4)55-44(62)29(3)6-2/h5,7-9,12-13,15-18,20,26-27,29-30,35,37-40,45,53,58,63H,1,6,10-11,14,19,21-25,28H2,2-4H3,(H2,49,61)(H,55,62)(H,56,64)(H,57,65)(H4,50,51,52)/b54-27+/t29-,30+,35+,37-,38-,39+,40-,45?/m0/s1. The minimum atomic E-state index is -1.31. The van der Waals surface area contributed by atoms with Gasteiger partial charge in [0.05, 0.1) is 30.3 Å². The molecular formula is C48H66N10O7S. The predicted octanol–water partition coefficient (Wildman–Crippen LogP) is 2.72. The number of guanidine groups is 1. The van der Waals surface area contributed by atoms with Crippen LogP contribution in [-0.2, 0) is 41.6 Å². The van der Waals surface area contributed by atoms with Gasteiger partial charge in [-0.2, -0.15) is 11.8 Å². The lowest BCUT2D eigenvalue weighted by Crippen LogP contribution is -2.56. The molecule has 1 unspecified atom stereocenters. The van der Waals surface area contributed by atoms with Crippen molar-refractivity contribution in [3.05, 3.63) is 96.2 Å². The van der Waals surface area contributed by atoms with E-state index in [9.17, 15) is 33.9 Å². The monoisotopic (exact) mass is 926 g/mol. The quantitative estimate of drug-likeness (QED) is 0.0166. The fourth-order valence-electron chi connectivity index (χ4n) is 7.48. The summed E-state index contributed by atoms with van der Waals surface area (Å²) < 4.78 is 0. The number of aliphatic hydroxyl groups is 1. The van der Waals surface area contributed by atoms with Crippen LogP contribution in [0.1, 0.15) is 70.4 Å². The minimum absolute atomic E-state index is 0.0329. The maximum absolute atomic E-state index is 14.6. The lowest BCUT2D eigenvalue weighted by Gasteiger charge is -2.31. The second-order valence-electron chi connectivity index (χ2n) is 16.6. The third-order valence-corrected chi connectivity index (χ3v) is 12.5. The average Bonchev–Trinajstić information content (AvgIpc) is 3.72. The van der Waals surface area contributed by atoms with Crippen molar-refractivity contribution in [2.45, 2.75) is 109 Å². The number of carbonyl (C=O) groups is 6. The number of nitrogens with one attached hydrogen (secondary N) is 7. The summed E-state index contributed by atoms with van der Waals surface area (Å²) in [7, 11) is 0. The molecule has 0 bridgehead atoms. The number of aliphatic hydroxyl groups excluding tert-OH is 1. The van der Waals surface area contributed by atoms with Crippen molar-refractivity contribution in [2.24, 2.45) is 28.3 Å². The number of aromatic nitrogens is 1. The van der Waals surface area contributed by atoms with E-state index in [2.05, 4.69) is 43.1 Å². The summed E-state index contributed by atoms with van der Waals surface area (Å²) in [6.07, 6.45) is 7.42. The van der Waals surface area contributed by atoms with E-state index in [4.69, 9.17) is 16.9 Å². The van der Waals surface area contributed by atoms with Crippen molar-refractivity contribution in [3.8, 4) is 0 Å². The Balaban J connectivity index is 1.62. The lowest BCUT2D eigenvalue weighted by molar-refractivity contribution is -0.132. The van der Waals surface area contributed by atoms with Crippen LogP contribution < -0.4 is 38.1 Å². The maximum atomic E-state index is 14.6. The predicted molar refractivity (Wildman–Crippen MR) is 260 cm³/mol. The van der Waals surface area contributed by atoms with E-state index in [1.54, 1.807) is 32.2 Å². The third kappa shape index (κ3) is 16.1. The number of Topliss-reactive ketones (excluding diaryl/α,β-unsaturated/α-hetero) is 2. The number of aliphatic imine (C=N–C) groups is 1. The molecule has 1 heterocycles. The number of hydrogen-bond donors (Lipinski definition) is 10. The smallest absolute Gasteiger partial charge is 0.243 e. The first-order chi connectivity index (χ1) is 31.6. The number of nitrogens with zero attached hydrogens (tertiary/aromatic N) is 1.